The summed E-state index contributed by atoms with van der Waals surface area (Å²) >= 11 is 1.64. The van der Waals surface area contributed by atoms with Gasteiger partial charge in [-0.05, 0) is 17.5 Å². The van der Waals surface area contributed by atoms with Crippen LogP contribution in [0.5, 0.6) is 5.75 Å². The van der Waals surface area contributed by atoms with Gasteiger partial charge in [0.05, 0.1) is 6.04 Å². The summed E-state index contributed by atoms with van der Waals surface area (Å²) in [5.74, 6) is -0.376. The van der Waals surface area contributed by atoms with Crippen LogP contribution in [-0.4, -0.2) is 36.2 Å². The van der Waals surface area contributed by atoms with Crippen molar-refractivity contribution in [3.8, 4) is 5.75 Å². The van der Waals surface area contributed by atoms with E-state index in [0.717, 1.165) is 31.1 Å². The minimum absolute atomic E-state index is 0.0310. The van der Waals surface area contributed by atoms with Gasteiger partial charge in [-0.25, -0.2) is 4.39 Å². The van der Waals surface area contributed by atoms with Crippen LogP contribution in [0, 0.1) is 5.82 Å². The predicted molar refractivity (Wildman–Crippen MR) is 78.7 cm³/mol. The Labute approximate surface area is 121 Å². The molecule has 1 saturated heterocycles. The largest absolute Gasteiger partial charge is 0.508 e. The highest BCUT2D eigenvalue weighted by atomic mass is 32.1. The van der Waals surface area contributed by atoms with Gasteiger partial charge in [-0.1, -0.05) is 12.1 Å². The van der Waals surface area contributed by atoms with Gasteiger partial charge in [0.25, 0.3) is 0 Å². The van der Waals surface area contributed by atoms with E-state index in [0.29, 0.717) is 5.56 Å². The third kappa shape index (κ3) is 2.70. The Morgan fingerprint density at radius 2 is 2.05 bits per heavy atom. The molecule has 3 nitrogen and oxygen atoms in total. The van der Waals surface area contributed by atoms with E-state index in [9.17, 15) is 9.50 Å². The van der Waals surface area contributed by atoms with Gasteiger partial charge in [0.15, 0.2) is 0 Å². The van der Waals surface area contributed by atoms with Gasteiger partial charge in [0.1, 0.15) is 11.6 Å². The van der Waals surface area contributed by atoms with Crippen LogP contribution in [0.4, 0.5) is 4.39 Å². The number of benzene rings is 1. The SMILES string of the molecule is Oc1ccc([C@H](c2cccs2)N2CCNCC2)c(F)c1. The third-order valence-corrected chi connectivity index (χ3v) is 4.53. The zero-order chi connectivity index (χ0) is 13.9. The number of rotatable bonds is 3. The lowest BCUT2D eigenvalue weighted by molar-refractivity contribution is 0.197. The molecule has 106 valence electrons. The minimum atomic E-state index is -0.345. The first-order chi connectivity index (χ1) is 9.75. The molecule has 0 unspecified atom stereocenters. The van der Waals surface area contributed by atoms with Crippen LogP contribution < -0.4 is 5.32 Å². The van der Waals surface area contributed by atoms with E-state index in [-0.39, 0.29) is 17.6 Å². The molecular formula is C15H17FN2OS. The zero-order valence-electron chi connectivity index (χ0n) is 11.1. The standard InChI is InChI=1S/C15H17FN2OS/c16-13-10-11(19)3-4-12(13)15(14-2-1-9-20-14)18-7-5-17-6-8-18/h1-4,9-10,15,17,19H,5-8H2/t15-/m1/s1. The maximum absolute atomic E-state index is 14.2. The van der Waals surface area contributed by atoms with Crippen molar-refractivity contribution in [2.24, 2.45) is 0 Å². The number of thiophene rings is 1. The second-order valence-electron chi connectivity index (χ2n) is 4.91. The Morgan fingerprint density at radius 3 is 2.70 bits per heavy atom. The lowest BCUT2D eigenvalue weighted by Crippen LogP contribution is -2.45. The van der Waals surface area contributed by atoms with Crippen molar-refractivity contribution < 1.29 is 9.50 Å². The lowest BCUT2D eigenvalue weighted by Gasteiger charge is -2.34. The van der Waals surface area contributed by atoms with Gasteiger partial charge in [-0.15, -0.1) is 11.3 Å². The van der Waals surface area contributed by atoms with Crippen LogP contribution in [-0.2, 0) is 0 Å². The summed E-state index contributed by atoms with van der Waals surface area (Å²) in [5, 5.41) is 14.7. The molecule has 2 heterocycles. The van der Waals surface area contributed by atoms with Crippen LogP contribution in [0.1, 0.15) is 16.5 Å². The number of phenolic OH excluding ortho intramolecular Hbond substituents is 1. The van der Waals surface area contributed by atoms with Gasteiger partial charge in [0, 0.05) is 42.7 Å². The Kier molecular flexibility index (Phi) is 4.00. The maximum atomic E-state index is 14.2. The molecule has 1 atom stereocenters. The molecule has 0 radical (unpaired) electrons. The molecule has 1 aromatic heterocycles. The summed E-state index contributed by atoms with van der Waals surface area (Å²) in [6, 6.07) is 8.41. The Hall–Kier alpha value is -1.43. The van der Waals surface area contributed by atoms with E-state index in [1.54, 1.807) is 23.5 Å². The number of phenols is 1. The number of halogens is 1. The Bertz CT molecular complexity index is 567. The van der Waals surface area contributed by atoms with Crippen LogP contribution >= 0.6 is 11.3 Å². The van der Waals surface area contributed by atoms with E-state index < -0.39 is 0 Å². The first-order valence-electron chi connectivity index (χ1n) is 6.72. The van der Waals surface area contributed by atoms with Crippen LogP contribution in [0.25, 0.3) is 0 Å². The smallest absolute Gasteiger partial charge is 0.132 e. The molecule has 1 aliphatic heterocycles. The number of hydrogen-bond acceptors (Lipinski definition) is 4. The van der Waals surface area contributed by atoms with Gasteiger partial charge in [0.2, 0.25) is 0 Å². The molecule has 0 bridgehead atoms. The second kappa shape index (κ2) is 5.91. The molecule has 20 heavy (non-hydrogen) atoms. The Morgan fingerprint density at radius 1 is 1.25 bits per heavy atom. The maximum Gasteiger partial charge on any atom is 0.132 e. The monoisotopic (exact) mass is 292 g/mol. The number of hydrogen-bond donors (Lipinski definition) is 2. The molecule has 1 fully saturated rings. The van der Waals surface area contributed by atoms with Crippen LogP contribution in [0.3, 0.4) is 0 Å². The summed E-state index contributed by atoms with van der Waals surface area (Å²) in [6.45, 7) is 3.62. The van der Waals surface area contributed by atoms with Crippen LogP contribution in [0.15, 0.2) is 35.7 Å². The van der Waals surface area contributed by atoms with Crippen molar-refractivity contribution in [2.75, 3.05) is 26.2 Å². The summed E-state index contributed by atoms with van der Waals surface area (Å²) < 4.78 is 14.2. The average Bonchev–Trinajstić information content (AvgIpc) is 2.97. The van der Waals surface area contributed by atoms with E-state index in [4.69, 9.17) is 0 Å². The highest BCUT2D eigenvalue weighted by molar-refractivity contribution is 7.10. The minimum Gasteiger partial charge on any atom is -0.508 e. The van der Waals surface area contributed by atoms with E-state index in [2.05, 4.69) is 10.2 Å². The van der Waals surface area contributed by atoms with Gasteiger partial charge in [-0.2, -0.15) is 0 Å². The van der Waals surface area contributed by atoms with Crippen molar-refractivity contribution in [3.63, 3.8) is 0 Å². The highest BCUT2D eigenvalue weighted by Crippen LogP contribution is 2.34. The van der Waals surface area contributed by atoms with Crippen molar-refractivity contribution in [3.05, 3.63) is 52.0 Å². The fourth-order valence-corrected chi connectivity index (χ4v) is 3.53. The molecule has 0 spiro atoms. The molecule has 0 amide bonds. The van der Waals surface area contributed by atoms with E-state index in [1.165, 1.54) is 6.07 Å². The first kappa shape index (κ1) is 13.5. The summed E-state index contributed by atoms with van der Waals surface area (Å²) in [7, 11) is 0. The summed E-state index contributed by atoms with van der Waals surface area (Å²) in [6.07, 6.45) is 0. The first-order valence-corrected chi connectivity index (χ1v) is 7.60. The normalized spacial score (nSPS) is 18.1. The van der Waals surface area contributed by atoms with E-state index >= 15 is 0 Å². The lowest BCUT2D eigenvalue weighted by atomic mass is 10.0. The predicted octanol–water partition coefficient (Wildman–Crippen LogP) is 2.59. The second-order valence-corrected chi connectivity index (χ2v) is 5.89. The molecule has 2 aromatic rings. The van der Waals surface area contributed by atoms with Gasteiger partial charge >= 0.3 is 0 Å². The molecule has 0 saturated carbocycles. The third-order valence-electron chi connectivity index (χ3n) is 3.61. The quantitative estimate of drug-likeness (QED) is 0.913. The number of piperazine rings is 1. The molecular weight excluding hydrogens is 275 g/mol. The van der Waals surface area contributed by atoms with Crippen molar-refractivity contribution in [2.45, 2.75) is 6.04 Å². The summed E-state index contributed by atoms with van der Waals surface area (Å²) in [5.41, 5.74) is 0.632. The molecule has 1 aliphatic rings. The van der Waals surface area contributed by atoms with Crippen molar-refractivity contribution in [1.82, 2.24) is 10.2 Å². The van der Waals surface area contributed by atoms with Crippen molar-refractivity contribution in [1.29, 1.82) is 0 Å². The zero-order valence-corrected chi connectivity index (χ0v) is 11.9. The fourth-order valence-electron chi connectivity index (χ4n) is 2.65. The number of nitrogens with one attached hydrogen (secondary N) is 1. The topological polar surface area (TPSA) is 35.5 Å². The fraction of sp³-hybridized carbons (Fsp3) is 0.333. The molecule has 5 heteroatoms. The highest BCUT2D eigenvalue weighted by Gasteiger charge is 2.27. The molecule has 0 aliphatic carbocycles. The number of nitrogens with zero attached hydrogens (tertiary/aromatic N) is 1. The van der Waals surface area contributed by atoms with Gasteiger partial charge in [-0.3, -0.25) is 4.90 Å². The molecule has 2 N–H and O–H groups in total. The molecule has 1 aromatic carbocycles. The van der Waals surface area contributed by atoms with E-state index in [1.807, 2.05) is 17.5 Å². The van der Waals surface area contributed by atoms with Gasteiger partial charge < -0.3 is 10.4 Å². The average molecular weight is 292 g/mol. The van der Waals surface area contributed by atoms with Crippen LogP contribution in [0.2, 0.25) is 0 Å². The number of aromatic hydroxyl groups is 1. The molecule has 3 rings (SSSR count). The van der Waals surface area contributed by atoms with Crippen molar-refractivity contribution >= 4 is 11.3 Å². The Balaban J connectivity index is 2.00. The summed E-state index contributed by atoms with van der Waals surface area (Å²) in [4.78, 5) is 3.43.